The molecule has 1 amide bonds. The summed E-state index contributed by atoms with van der Waals surface area (Å²) < 4.78 is 16.0. The lowest BCUT2D eigenvalue weighted by molar-refractivity contribution is 0.0657. The van der Waals surface area contributed by atoms with Crippen molar-refractivity contribution in [3.05, 3.63) is 47.9 Å². The highest BCUT2D eigenvalue weighted by molar-refractivity contribution is 14.0. The van der Waals surface area contributed by atoms with E-state index in [4.69, 9.17) is 18.9 Å². The van der Waals surface area contributed by atoms with Crippen molar-refractivity contribution in [2.45, 2.75) is 13.5 Å². The van der Waals surface area contributed by atoms with Crippen LogP contribution in [-0.4, -0.2) is 61.2 Å². The normalized spacial score (nSPS) is 15.8. The predicted octanol–water partition coefficient (Wildman–Crippen LogP) is 2.55. The van der Waals surface area contributed by atoms with Gasteiger partial charge in [-0.1, -0.05) is 6.07 Å². The molecule has 2 aliphatic rings. The Morgan fingerprint density at radius 2 is 1.86 bits per heavy atom. The minimum Gasteiger partial charge on any atom is -0.459 e. The van der Waals surface area contributed by atoms with Gasteiger partial charge < -0.3 is 29.0 Å². The van der Waals surface area contributed by atoms with E-state index in [1.54, 1.807) is 12.1 Å². The summed E-state index contributed by atoms with van der Waals surface area (Å²) in [5, 5.41) is 3.34. The Hall–Kier alpha value is -2.43. The second-order valence-corrected chi connectivity index (χ2v) is 6.61. The molecule has 9 heteroatoms. The molecule has 1 fully saturated rings. The molecular formula is C20H25IN4O4. The van der Waals surface area contributed by atoms with Crippen molar-refractivity contribution in [1.29, 1.82) is 0 Å². The number of halogens is 1. The number of hydrogen-bond acceptors (Lipinski definition) is 5. The number of amides is 1. The Labute approximate surface area is 186 Å². The van der Waals surface area contributed by atoms with Crippen LogP contribution in [0.2, 0.25) is 0 Å². The summed E-state index contributed by atoms with van der Waals surface area (Å²) in [5.74, 6) is 2.72. The van der Waals surface area contributed by atoms with Gasteiger partial charge in [-0.2, -0.15) is 0 Å². The first-order valence-corrected chi connectivity index (χ1v) is 9.49. The van der Waals surface area contributed by atoms with Crippen LogP contribution in [0.25, 0.3) is 0 Å². The smallest absolute Gasteiger partial charge is 0.289 e. The van der Waals surface area contributed by atoms with Crippen molar-refractivity contribution >= 4 is 35.8 Å². The van der Waals surface area contributed by atoms with Crippen LogP contribution >= 0.6 is 24.0 Å². The van der Waals surface area contributed by atoms with Crippen LogP contribution in [0.3, 0.4) is 0 Å². The van der Waals surface area contributed by atoms with Crippen molar-refractivity contribution in [2.24, 2.45) is 4.99 Å². The number of hydrogen-bond donors (Lipinski definition) is 1. The van der Waals surface area contributed by atoms with Crippen LogP contribution in [0.5, 0.6) is 11.5 Å². The summed E-state index contributed by atoms with van der Waals surface area (Å²) in [7, 11) is 0. The number of nitrogens with one attached hydrogen (secondary N) is 1. The fourth-order valence-corrected chi connectivity index (χ4v) is 3.31. The molecule has 1 N–H and O–H groups in total. The molecule has 2 aromatic rings. The van der Waals surface area contributed by atoms with Gasteiger partial charge in [0.15, 0.2) is 23.2 Å². The van der Waals surface area contributed by atoms with Crippen LogP contribution in [0, 0.1) is 0 Å². The van der Waals surface area contributed by atoms with Gasteiger partial charge >= 0.3 is 0 Å². The first-order chi connectivity index (χ1) is 13.7. The fourth-order valence-electron chi connectivity index (χ4n) is 3.31. The van der Waals surface area contributed by atoms with Gasteiger partial charge in [-0.3, -0.25) is 4.79 Å². The average molecular weight is 512 g/mol. The van der Waals surface area contributed by atoms with E-state index in [2.05, 4.69) is 10.2 Å². The molecule has 1 aromatic heterocycles. The van der Waals surface area contributed by atoms with E-state index in [0.29, 0.717) is 25.4 Å². The van der Waals surface area contributed by atoms with E-state index in [0.717, 1.165) is 42.7 Å². The molecule has 0 radical (unpaired) electrons. The number of benzene rings is 1. The summed E-state index contributed by atoms with van der Waals surface area (Å²) in [6.07, 6.45) is 1.52. The molecule has 0 atom stereocenters. The van der Waals surface area contributed by atoms with E-state index < -0.39 is 0 Å². The molecule has 0 bridgehead atoms. The second-order valence-electron chi connectivity index (χ2n) is 6.61. The van der Waals surface area contributed by atoms with E-state index in [1.807, 2.05) is 30.0 Å². The molecule has 1 saturated heterocycles. The fraction of sp³-hybridized carbons (Fsp3) is 0.400. The topological polar surface area (TPSA) is 79.5 Å². The summed E-state index contributed by atoms with van der Waals surface area (Å²) in [5.41, 5.74) is 1.06. The molecule has 0 spiro atoms. The van der Waals surface area contributed by atoms with Crippen LogP contribution in [0.15, 0.2) is 46.0 Å². The molecule has 2 aliphatic heterocycles. The Morgan fingerprint density at radius 3 is 2.59 bits per heavy atom. The lowest BCUT2D eigenvalue weighted by Gasteiger charge is -2.36. The third-order valence-corrected chi connectivity index (χ3v) is 4.78. The molecule has 8 nitrogen and oxygen atoms in total. The van der Waals surface area contributed by atoms with E-state index in [1.165, 1.54) is 6.26 Å². The minimum absolute atomic E-state index is 0. The van der Waals surface area contributed by atoms with Crippen molar-refractivity contribution in [1.82, 2.24) is 15.1 Å². The highest BCUT2D eigenvalue weighted by Crippen LogP contribution is 2.32. The van der Waals surface area contributed by atoms with Gasteiger partial charge in [0.05, 0.1) is 12.8 Å². The van der Waals surface area contributed by atoms with Crippen LogP contribution in [0.1, 0.15) is 23.0 Å². The number of nitrogens with zero attached hydrogens (tertiary/aromatic N) is 3. The first-order valence-electron chi connectivity index (χ1n) is 9.49. The summed E-state index contributed by atoms with van der Waals surface area (Å²) in [6.45, 7) is 6.36. The predicted molar refractivity (Wildman–Crippen MR) is 119 cm³/mol. The van der Waals surface area contributed by atoms with Crippen LogP contribution in [0.4, 0.5) is 0 Å². The van der Waals surface area contributed by atoms with Crippen LogP contribution in [-0.2, 0) is 6.54 Å². The number of aliphatic imine (C=N–C) groups is 1. The number of piperazine rings is 1. The molecule has 4 rings (SSSR count). The Morgan fingerprint density at radius 1 is 1.10 bits per heavy atom. The number of carbonyl (C=O) groups is 1. The molecule has 29 heavy (non-hydrogen) atoms. The zero-order valence-corrected chi connectivity index (χ0v) is 18.6. The van der Waals surface area contributed by atoms with E-state index in [-0.39, 0.29) is 36.7 Å². The number of fused-ring (bicyclic) bond motifs is 1. The summed E-state index contributed by atoms with van der Waals surface area (Å²) in [4.78, 5) is 21.2. The lowest BCUT2D eigenvalue weighted by atomic mass is 10.2. The van der Waals surface area contributed by atoms with Crippen molar-refractivity contribution in [3.63, 3.8) is 0 Å². The lowest BCUT2D eigenvalue weighted by Crippen LogP contribution is -2.53. The van der Waals surface area contributed by atoms with Crippen molar-refractivity contribution in [2.75, 3.05) is 39.5 Å². The maximum Gasteiger partial charge on any atom is 0.289 e. The quantitative estimate of drug-likeness (QED) is 0.386. The standard InChI is InChI=1S/C20H24N4O4.HI/c1-2-21-20(22-13-15-5-6-16-18(12-15)28-14-27-16)24-9-7-23(8-10-24)19(25)17-4-3-11-26-17;/h3-6,11-12H,2,7-10,13-14H2,1H3,(H,21,22);1H. The molecule has 0 saturated carbocycles. The monoisotopic (exact) mass is 512 g/mol. The molecule has 3 heterocycles. The molecular weight excluding hydrogens is 487 g/mol. The number of ether oxygens (including phenoxy) is 2. The minimum atomic E-state index is -0.0630. The van der Waals surface area contributed by atoms with Gasteiger partial charge in [-0.15, -0.1) is 24.0 Å². The van der Waals surface area contributed by atoms with Gasteiger partial charge in [-0.05, 0) is 36.8 Å². The summed E-state index contributed by atoms with van der Waals surface area (Å²) in [6, 6.07) is 9.32. The maximum absolute atomic E-state index is 12.4. The zero-order valence-electron chi connectivity index (χ0n) is 16.3. The van der Waals surface area contributed by atoms with Gasteiger partial charge in [0, 0.05) is 32.7 Å². The Kier molecular flexibility index (Phi) is 7.24. The molecule has 0 unspecified atom stereocenters. The Balaban J connectivity index is 0.00000240. The molecule has 0 aliphatic carbocycles. The molecule has 1 aromatic carbocycles. The Bertz CT molecular complexity index is 848. The van der Waals surface area contributed by atoms with E-state index in [9.17, 15) is 4.79 Å². The number of furan rings is 1. The van der Waals surface area contributed by atoms with Gasteiger partial charge in [0.2, 0.25) is 6.79 Å². The highest BCUT2D eigenvalue weighted by Gasteiger charge is 2.25. The average Bonchev–Trinajstić information content (AvgIpc) is 3.42. The maximum atomic E-state index is 12.4. The third kappa shape index (κ3) is 4.95. The van der Waals surface area contributed by atoms with Crippen molar-refractivity contribution < 1.29 is 18.7 Å². The zero-order chi connectivity index (χ0) is 19.3. The van der Waals surface area contributed by atoms with Gasteiger partial charge in [-0.25, -0.2) is 4.99 Å². The van der Waals surface area contributed by atoms with Crippen molar-refractivity contribution in [3.8, 4) is 11.5 Å². The van der Waals surface area contributed by atoms with Gasteiger partial charge in [0.1, 0.15) is 0 Å². The van der Waals surface area contributed by atoms with Crippen LogP contribution < -0.4 is 14.8 Å². The molecule has 156 valence electrons. The number of carbonyl (C=O) groups excluding carboxylic acids is 1. The number of guanidine groups is 1. The number of rotatable bonds is 4. The SMILES string of the molecule is CCNC(=NCc1ccc2c(c1)OCO2)N1CCN(C(=O)c2ccco2)CC1.I. The largest absolute Gasteiger partial charge is 0.459 e. The van der Waals surface area contributed by atoms with E-state index >= 15 is 0 Å². The second kappa shape index (κ2) is 9.86. The third-order valence-electron chi connectivity index (χ3n) is 4.78. The highest BCUT2D eigenvalue weighted by atomic mass is 127. The summed E-state index contributed by atoms with van der Waals surface area (Å²) >= 11 is 0. The van der Waals surface area contributed by atoms with Gasteiger partial charge in [0.25, 0.3) is 5.91 Å². The first kappa shape index (κ1) is 21.3.